The van der Waals surface area contributed by atoms with E-state index in [1.807, 2.05) is 12.2 Å². The van der Waals surface area contributed by atoms with Crippen LogP contribution in [-0.4, -0.2) is 52.3 Å². The molecule has 0 aliphatic rings. The summed E-state index contributed by atoms with van der Waals surface area (Å²) in [6, 6.07) is 0. The number of nitrogens with one attached hydrogen (secondary N) is 1. The van der Waals surface area contributed by atoms with Gasteiger partial charge in [-0.15, -0.1) is 13.2 Å². The molecular weight excluding hydrogens is 220 g/mol. The van der Waals surface area contributed by atoms with Crippen molar-refractivity contribution in [2.24, 2.45) is 0 Å². The molecule has 0 amide bonds. The molecule has 0 fully saturated rings. The van der Waals surface area contributed by atoms with Crippen molar-refractivity contribution < 1.29 is 9.38 Å². The molecule has 0 saturated heterocycles. The van der Waals surface area contributed by atoms with Gasteiger partial charge >= 0.3 is 0 Å². The maximum atomic E-state index is 3.74. The lowest BCUT2D eigenvalue weighted by molar-refractivity contribution is -0.934. The van der Waals surface area contributed by atoms with E-state index in [0.717, 1.165) is 17.3 Å². The van der Waals surface area contributed by atoms with E-state index in [4.69, 9.17) is 0 Å². The van der Waals surface area contributed by atoms with Crippen molar-refractivity contribution >= 4 is 0 Å². The highest BCUT2D eigenvalue weighted by atomic mass is 15.3. The third-order valence-electron chi connectivity index (χ3n) is 2.88. The predicted molar refractivity (Wildman–Crippen MR) is 84.1 cm³/mol. The first kappa shape index (κ1) is 19.7. The molecule has 0 bridgehead atoms. The number of rotatable bonds is 9. The van der Waals surface area contributed by atoms with Gasteiger partial charge in [-0.3, -0.25) is 0 Å². The Bertz CT molecular complexity index is 195. The van der Waals surface area contributed by atoms with Crippen molar-refractivity contribution in [1.29, 1.82) is 0 Å². The van der Waals surface area contributed by atoms with Gasteiger partial charge in [0.25, 0.3) is 0 Å². The number of allylic oxidation sites excluding steroid dienone is 2. The second kappa shape index (κ2) is 12.8. The minimum absolute atomic E-state index is 1.14. The van der Waals surface area contributed by atoms with Crippen molar-refractivity contribution in [3.8, 4) is 0 Å². The Hall–Kier alpha value is -0.600. The smallest absolute Gasteiger partial charge is 0.128 e. The largest absolute Gasteiger partial charge is 0.335 e. The molecule has 0 aromatic heterocycles. The molecule has 18 heavy (non-hydrogen) atoms. The monoisotopic (exact) mass is 256 g/mol. The van der Waals surface area contributed by atoms with E-state index in [2.05, 4.69) is 48.3 Å². The number of hydrogen-bond acceptors (Lipinski definition) is 0. The average Bonchev–Trinajstić information content (AvgIpc) is 2.29. The molecule has 108 valence electrons. The molecule has 2 nitrogen and oxygen atoms in total. The van der Waals surface area contributed by atoms with Crippen molar-refractivity contribution in [2.45, 2.75) is 32.6 Å². The molecule has 0 atom stereocenters. The number of unbranched alkanes of at least 4 members (excludes halogenated alkanes) is 2. The highest BCUT2D eigenvalue weighted by Gasteiger charge is 2.15. The minimum atomic E-state index is 1.14. The summed E-state index contributed by atoms with van der Waals surface area (Å²) in [5.41, 5.74) is 0. The summed E-state index contributed by atoms with van der Waals surface area (Å²) < 4.78 is 1.14. The first-order valence-electron chi connectivity index (χ1n) is 7.22. The minimum Gasteiger partial charge on any atom is -0.335 e. The molecule has 0 aliphatic carbocycles. The summed E-state index contributed by atoms with van der Waals surface area (Å²) in [4.78, 5) is 1.54. The molecule has 2 heteroatoms. The summed E-state index contributed by atoms with van der Waals surface area (Å²) in [6.07, 6.45) is 8.73. The second-order valence-corrected chi connectivity index (χ2v) is 5.85. The molecule has 0 aromatic rings. The zero-order valence-electron chi connectivity index (χ0n) is 13.5. The maximum absolute atomic E-state index is 3.74. The third-order valence-corrected chi connectivity index (χ3v) is 2.88. The van der Waals surface area contributed by atoms with E-state index < -0.39 is 0 Å². The van der Waals surface area contributed by atoms with Crippen LogP contribution in [0.1, 0.15) is 32.6 Å². The summed E-state index contributed by atoms with van der Waals surface area (Å²) >= 11 is 0. The van der Waals surface area contributed by atoms with E-state index >= 15 is 0 Å². The first-order valence-corrected chi connectivity index (χ1v) is 7.22. The van der Waals surface area contributed by atoms with Crippen molar-refractivity contribution in [1.82, 2.24) is 0 Å². The molecule has 0 heterocycles. The van der Waals surface area contributed by atoms with E-state index in [1.54, 1.807) is 0 Å². The van der Waals surface area contributed by atoms with Gasteiger partial charge in [-0.2, -0.15) is 0 Å². The van der Waals surface area contributed by atoms with E-state index in [0.29, 0.717) is 0 Å². The number of likely N-dealkylation sites (N-methyl/N-ethyl adjacent to an activating group) is 2. The van der Waals surface area contributed by atoms with Gasteiger partial charge in [0.2, 0.25) is 0 Å². The van der Waals surface area contributed by atoms with E-state index in [-0.39, 0.29) is 0 Å². The Morgan fingerprint density at radius 3 is 1.89 bits per heavy atom. The van der Waals surface area contributed by atoms with Gasteiger partial charge < -0.3 is 9.38 Å². The van der Waals surface area contributed by atoms with Crippen LogP contribution in [0, 0.1) is 0 Å². The fourth-order valence-corrected chi connectivity index (χ4v) is 1.51. The van der Waals surface area contributed by atoms with Crippen molar-refractivity contribution in [3.63, 3.8) is 0 Å². The van der Waals surface area contributed by atoms with Crippen LogP contribution in [0.25, 0.3) is 0 Å². The van der Waals surface area contributed by atoms with Crippen molar-refractivity contribution in [3.05, 3.63) is 25.3 Å². The third kappa shape index (κ3) is 17.8. The summed E-state index contributed by atoms with van der Waals surface area (Å²) in [5, 5.41) is 0. The Labute approximate surface area is 116 Å². The first-order chi connectivity index (χ1) is 8.39. The predicted octanol–water partition coefficient (Wildman–Crippen LogP) is 2.15. The Balaban J connectivity index is 0. The van der Waals surface area contributed by atoms with Crippen LogP contribution in [0.15, 0.2) is 25.3 Å². The normalized spacial score (nSPS) is 10.8. The van der Waals surface area contributed by atoms with Crippen LogP contribution < -0.4 is 4.90 Å². The van der Waals surface area contributed by atoms with Crippen LogP contribution in [0.5, 0.6) is 0 Å². The molecule has 0 saturated carbocycles. The van der Waals surface area contributed by atoms with Crippen LogP contribution in [-0.2, 0) is 0 Å². The molecule has 0 spiro atoms. The van der Waals surface area contributed by atoms with Gasteiger partial charge in [-0.05, 0) is 19.3 Å². The number of quaternary nitrogens is 2. The molecule has 1 N–H and O–H groups in total. The SMILES string of the molecule is C=CCCC.C=CCCC[N+](C)(C)CC[NH+](C)C. The molecule has 0 aliphatic heterocycles. The highest BCUT2D eigenvalue weighted by Crippen LogP contribution is 2.00. The summed E-state index contributed by atoms with van der Waals surface area (Å²) in [5.74, 6) is 0. The topological polar surface area (TPSA) is 4.44 Å². The molecular formula is C16H36N2+2. The van der Waals surface area contributed by atoms with Gasteiger partial charge in [0.1, 0.15) is 13.1 Å². The zero-order valence-corrected chi connectivity index (χ0v) is 13.5. The van der Waals surface area contributed by atoms with Gasteiger partial charge in [0, 0.05) is 0 Å². The lowest BCUT2D eigenvalue weighted by atomic mass is 10.2. The fourth-order valence-electron chi connectivity index (χ4n) is 1.51. The number of hydrogen-bond donors (Lipinski definition) is 1. The lowest BCUT2D eigenvalue weighted by Gasteiger charge is -2.29. The van der Waals surface area contributed by atoms with Crippen LogP contribution >= 0.6 is 0 Å². The molecule has 0 aromatic carbocycles. The summed E-state index contributed by atoms with van der Waals surface area (Å²) in [6.45, 7) is 13.2. The van der Waals surface area contributed by atoms with Crippen LogP contribution in [0.3, 0.4) is 0 Å². The zero-order chi connectivity index (χ0) is 14.4. The Morgan fingerprint density at radius 1 is 1.00 bits per heavy atom. The van der Waals surface area contributed by atoms with Gasteiger partial charge in [-0.25, -0.2) is 0 Å². The maximum Gasteiger partial charge on any atom is 0.128 e. The van der Waals surface area contributed by atoms with Crippen molar-refractivity contribution in [2.75, 3.05) is 47.8 Å². The summed E-state index contributed by atoms with van der Waals surface area (Å²) in [7, 11) is 9.05. The van der Waals surface area contributed by atoms with Gasteiger partial charge in [-0.1, -0.05) is 25.5 Å². The highest BCUT2D eigenvalue weighted by molar-refractivity contribution is 4.65. The Kier molecular flexibility index (Phi) is 14.1. The van der Waals surface area contributed by atoms with E-state index in [9.17, 15) is 0 Å². The van der Waals surface area contributed by atoms with Gasteiger partial charge in [0.15, 0.2) is 0 Å². The fraction of sp³-hybridized carbons (Fsp3) is 0.750. The molecule has 0 rings (SSSR count). The Morgan fingerprint density at radius 2 is 1.56 bits per heavy atom. The van der Waals surface area contributed by atoms with Crippen LogP contribution in [0.2, 0.25) is 0 Å². The van der Waals surface area contributed by atoms with Gasteiger partial charge in [0.05, 0.1) is 34.7 Å². The van der Waals surface area contributed by atoms with E-state index in [1.165, 1.54) is 37.4 Å². The second-order valence-electron chi connectivity index (χ2n) is 5.85. The standard InChI is InChI=1S/C11H25N2.C5H10/c1-6-7-8-10-13(4,5)11-9-12(2)3;1-3-5-4-2/h6H,1,7-11H2,2-5H3;3H,1,4-5H2,2H3/q+1;/p+1. The number of nitrogens with zero attached hydrogens (tertiary/aromatic N) is 1. The quantitative estimate of drug-likeness (QED) is 0.366. The molecule has 0 unspecified atom stereocenters. The molecule has 0 radical (unpaired) electrons. The van der Waals surface area contributed by atoms with Crippen LogP contribution in [0.4, 0.5) is 0 Å². The lowest BCUT2D eigenvalue weighted by Crippen LogP contribution is -3.06. The average molecular weight is 256 g/mol.